The molecule has 0 radical (unpaired) electrons. The van der Waals surface area contributed by atoms with E-state index in [1.54, 1.807) is 0 Å². The molecule has 2 aromatic heterocycles. The number of fused-ring (bicyclic) bond motifs is 3. The van der Waals surface area contributed by atoms with Crippen molar-refractivity contribution in [1.29, 1.82) is 0 Å². The highest BCUT2D eigenvalue weighted by Gasteiger charge is 2.17. The maximum absolute atomic E-state index is 5.25. The van der Waals surface area contributed by atoms with Crippen molar-refractivity contribution < 1.29 is 0 Å². The van der Waals surface area contributed by atoms with Crippen molar-refractivity contribution >= 4 is 31.5 Å². The molecule has 0 saturated heterocycles. The summed E-state index contributed by atoms with van der Waals surface area (Å²) < 4.78 is 2.50. The second-order valence-corrected chi connectivity index (χ2v) is 14.9. The summed E-state index contributed by atoms with van der Waals surface area (Å²) in [6.07, 6.45) is 0. The van der Waals surface area contributed by atoms with Crippen LogP contribution in [0, 0.1) is 0 Å². The molecule has 10 aromatic rings. The topological polar surface area (TPSA) is 25.8 Å². The van der Waals surface area contributed by atoms with E-state index in [1.807, 2.05) is 35.6 Å². The zero-order valence-corrected chi connectivity index (χ0v) is 30.7. The molecule has 0 N–H and O–H groups in total. The molecule has 0 aliphatic carbocycles. The third kappa shape index (κ3) is 6.41. The van der Waals surface area contributed by atoms with Gasteiger partial charge in [0.15, 0.2) is 5.82 Å². The van der Waals surface area contributed by atoms with Gasteiger partial charge in [0.2, 0.25) is 0 Å². The largest absolute Gasteiger partial charge is 0.228 e. The van der Waals surface area contributed by atoms with E-state index in [2.05, 4.69) is 182 Å². The molecule has 0 spiro atoms. The molecule has 8 aromatic carbocycles. The molecule has 55 heavy (non-hydrogen) atoms. The summed E-state index contributed by atoms with van der Waals surface area (Å²) in [6, 6.07) is 73.4. The number of hydrogen-bond donors (Lipinski definition) is 0. The maximum Gasteiger partial charge on any atom is 0.160 e. The van der Waals surface area contributed by atoms with Crippen molar-refractivity contribution in [3.8, 4) is 78.4 Å². The minimum atomic E-state index is 0.714. The van der Waals surface area contributed by atoms with Crippen LogP contribution >= 0.6 is 11.3 Å². The molecule has 0 aliphatic heterocycles. The Balaban J connectivity index is 1.08. The van der Waals surface area contributed by atoms with Gasteiger partial charge in [-0.2, -0.15) is 0 Å². The van der Waals surface area contributed by atoms with Crippen LogP contribution in [0.3, 0.4) is 0 Å². The first kappa shape index (κ1) is 32.7. The lowest BCUT2D eigenvalue weighted by Gasteiger charge is -2.11. The number of aromatic nitrogens is 2. The predicted molar refractivity (Wildman–Crippen MR) is 233 cm³/mol. The SMILES string of the molecule is c1ccc(-c2ccc(-c3cc(-c4cccc5sc6ccc(-c7cccc(-c8cccc(-c9ccccc9)c8)c7)cc6c45)nc(-c4ccccc4)n3)cc2)cc1. The lowest BCUT2D eigenvalue weighted by Crippen LogP contribution is -1.96. The predicted octanol–water partition coefficient (Wildman–Crippen LogP) is 14.5. The molecule has 10 rings (SSSR count). The Morgan fingerprint density at radius 2 is 0.745 bits per heavy atom. The van der Waals surface area contributed by atoms with Gasteiger partial charge in [0.05, 0.1) is 11.4 Å². The molecule has 0 atom stereocenters. The van der Waals surface area contributed by atoms with E-state index < -0.39 is 0 Å². The molecular formula is C52H34N2S. The average molecular weight is 719 g/mol. The van der Waals surface area contributed by atoms with Gasteiger partial charge in [-0.25, -0.2) is 9.97 Å². The Labute approximate surface area is 324 Å². The molecular weight excluding hydrogens is 685 g/mol. The highest BCUT2D eigenvalue weighted by molar-refractivity contribution is 7.26. The molecule has 2 nitrogen and oxygen atoms in total. The number of hydrogen-bond acceptors (Lipinski definition) is 3. The second kappa shape index (κ2) is 14.1. The van der Waals surface area contributed by atoms with E-state index in [0.29, 0.717) is 5.82 Å². The summed E-state index contributed by atoms with van der Waals surface area (Å²) in [5.41, 5.74) is 14.6. The van der Waals surface area contributed by atoms with Crippen molar-refractivity contribution in [2.24, 2.45) is 0 Å². The van der Waals surface area contributed by atoms with E-state index in [4.69, 9.17) is 9.97 Å². The van der Waals surface area contributed by atoms with Crippen LogP contribution in [0.5, 0.6) is 0 Å². The minimum Gasteiger partial charge on any atom is -0.228 e. The molecule has 0 bridgehead atoms. The standard InChI is InChI=1S/C52H34N2S/c1-4-13-35(14-5-1)37-25-27-38(28-26-37)47-34-48(54-52(53-47)39-17-8-3-9-18-39)45-23-12-24-50-51(45)46-33-44(29-30-49(46)55-50)43-22-11-21-42(32-43)41-20-10-19-40(31-41)36-15-6-2-7-16-36/h1-34H. The van der Waals surface area contributed by atoms with Crippen molar-refractivity contribution in [3.63, 3.8) is 0 Å². The quantitative estimate of drug-likeness (QED) is 0.164. The lowest BCUT2D eigenvalue weighted by molar-refractivity contribution is 1.19. The van der Waals surface area contributed by atoms with Crippen molar-refractivity contribution in [1.82, 2.24) is 9.97 Å². The molecule has 258 valence electrons. The summed E-state index contributed by atoms with van der Waals surface area (Å²) in [7, 11) is 0. The monoisotopic (exact) mass is 718 g/mol. The van der Waals surface area contributed by atoms with Crippen LogP contribution in [0.25, 0.3) is 98.6 Å². The van der Waals surface area contributed by atoms with Gasteiger partial charge in [-0.1, -0.05) is 170 Å². The van der Waals surface area contributed by atoms with Crippen molar-refractivity contribution in [2.45, 2.75) is 0 Å². The van der Waals surface area contributed by atoms with Gasteiger partial charge in [-0.15, -0.1) is 11.3 Å². The summed E-state index contributed by atoms with van der Waals surface area (Å²) in [5, 5.41) is 2.46. The van der Waals surface area contributed by atoms with Gasteiger partial charge in [0.1, 0.15) is 0 Å². The van der Waals surface area contributed by atoms with Gasteiger partial charge in [-0.05, 0) is 80.9 Å². The lowest BCUT2D eigenvalue weighted by atomic mass is 9.95. The molecule has 0 unspecified atom stereocenters. The van der Waals surface area contributed by atoms with Gasteiger partial charge < -0.3 is 0 Å². The smallest absolute Gasteiger partial charge is 0.160 e. The molecule has 0 aliphatic rings. The number of benzene rings is 8. The first-order chi connectivity index (χ1) is 27.2. The van der Waals surface area contributed by atoms with Crippen LogP contribution in [0.4, 0.5) is 0 Å². The normalized spacial score (nSPS) is 11.3. The fraction of sp³-hybridized carbons (Fsp3) is 0. The highest BCUT2D eigenvalue weighted by Crippen LogP contribution is 2.42. The zero-order valence-electron chi connectivity index (χ0n) is 29.9. The summed E-state index contributed by atoms with van der Waals surface area (Å²) in [4.78, 5) is 10.4. The van der Waals surface area contributed by atoms with Gasteiger partial charge in [0.25, 0.3) is 0 Å². The van der Waals surface area contributed by atoms with E-state index in [1.165, 1.54) is 64.7 Å². The third-order valence-electron chi connectivity index (χ3n) is 10.3. The van der Waals surface area contributed by atoms with Gasteiger partial charge in [0, 0.05) is 36.9 Å². The fourth-order valence-corrected chi connectivity index (χ4v) is 8.63. The molecule has 3 heteroatoms. The van der Waals surface area contributed by atoms with Crippen LogP contribution < -0.4 is 0 Å². The maximum atomic E-state index is 5.25. The van der Waals surface area contributed by atoms with Crippen molar-refractivity contribution in [2.75, 3.05) is 0 Å². The summed E-state index contributed by atoms with van der Waals surface area (Å²) in [6.45, 7) is 0. The third-order valence-corrected chi connectivity index (χ3v) is 11.5. The number of thiophene rings is 1. The Bertz CT molecular complexity index is 2950. The Morgan fingerprint density at radius 1 is 0.291 bits per heavy atom. The minimum absolute atomic E-state index is 0.714. The van der Waals surface area contributed by atoms with Gasteiger partial charge in [-0.3, -0.25) is 0 Å². The van der Waals surface area contributed by atoms with Crippen LogP contribution in [0.15, 0.2) is 206 Å². The first-order valence-corrected chi connectivity index (χ1v) is 19.4. The summed E-state index contributed by atoms with van der Waals surface area (Å²) in [5.74, 6) is 0.714. The van der Waals surface area contributed by atoms with Crippen LogP contribution in [0.2, 0.25) is 0 Å². The molecule has 0 fully saturated rings. The van der Waals surface area contributed by atoms with Crippen LogP contribution in [-0.4, -0.2) is 9.97 Å². The highest BCUT2D eigenvalue weighted by atomic mass is 32.1. The van der Waals surface area contributed by atoms with Crippen LogP contribution in [-0.2, 0) is 0 Å². The van der Waals surface area contributed by atoms with Crippen LogP contribution in [0.1, 0.15) is 0 Å². The Hall–Kier alpha value is -6.94. The van der Waals surface area contributed by atoms with Crippen molar-refractivity contribution in [3.05, 3.63) is 206 Å². The summed E-state index contributed by atoms with van der Waals surface area (Å²) >= 11 is 1.83. The molecule has 0 amide bonds. The number of rotatable bonds is 7. The van der Waals surface area contributed by atoms with E-state index in [9.17, 15) is 0 Å². The molecule has 0 saturated carbocycles. The second-order valence-electron chi connectivity index (χ2n) is 13.8. The Kier molecular flexibility index (Phi) is 8.40. The first-order valence-electron chi connectivity index (χ1n) is 18.6. The van der Waals surface area contributed by atoms with Gasteiger partial charge >= 0.3 is 0 Å². The zero-order chi connectivity index (χ0) is 36.6. The van der Waals surface area contributed by atoms with E-state index in [0.717, 1.165) is 28.1 Å². The van der Waals surface area contributed by atoms with E-state index >= 15 is 0 Å². The average Bonchev–Trinajstić information content (AvgIpc) is 3.66. The fourth-order valence-electron chi connectivity index (χ4n) is 7.52. The molecule has 2 heterocycles. The number of nitrogens with zero attached hydrogens (tertiary/aromatic N) is 2. The van der Waals surface area contributed by atoms with E-state index in [-0.39, 0.29) is 0 Å². The Morgan fingerprint density at radius 3 is 1.38 bits per heavy atom.